The highest BCUT2D eigenvalue weighted by Crippen LogP contribution is 2.23. The first-order valence-electron chi connectivity index (χ1n) is 5.16. The molecule has 0 saturated carbocycles. The molecule has 0 aliphatic rings. The van der Waals surface area contributed by atoms with Gasteiger partial charge in [0.15, 0.2) is 6.39 Å². The van der Waals surface area contributed by atoms with Crippen molar-refractivity contribution in [3.05, 3.63) is 41.6 Å². The van der Waals surface area contributed by atoms with E-state index in [1.165, 1.54) is 6.39 Å². The topological polar surface area (TPSA) is 81.1 Å². The van der Waals surface area contributed by atoms with Crippen molar-refractivity contribution < 1.29 is 9.21 Å². The number of amides is 1. The van der Waals surface area contributed by atoms with Crippen LogP contribution in [0, 0.1) is 13.8 Å². The van der Waals surface area contributed by atoms with E-state index in [1.807, 2.05) is 19.1 Å². The zero-order valence-corrected chi connectivity index (χ0v) is 9.65. The number of oxazole rings is 1. The largest absolute Gasteiger partial charge is 0.438 e. The summed E-state index contributed by atoms with van der Waals surface area (Å²) in [6.07, 6.45) is 1.24. The van der Waals surface area contributed by atoms with Gasteiger partial charge in [-0.1, -0.05) is 12.1 Å². The molecule has 0 radical (unpaired) electrons. The molecule has 1 aromatic heterocycles. The van der Waals surface area contributed by atoms with E-state index in [-0.39, 0.29) is 11.7 Å². The number of para-hydroxylation sites is 1. The zero-order valence-electron chi connectivity index (χ0n) is 9.65. The van der Waals surface area contributed by atoms with Gasteiger partial charge in [0, 0.05) is 0 Å². The number of aromatic nitrogens is 1. The number of aryl methyl sites for hydroxylation is 2. The van der Waals surface area contributed by atoms with Crippen LogP contribution in [0.4, 0.5) is 11.4 Å². The molecular formula is C12H13N3O2. The Bertz CT molecular complexity index is 540. The fourth-order valence-corrected chi connectivity index (χ4v) is 1.55. The number of nitrogens with zero attached hydrogens (tertiary/aromatic N) is 1. The predicted molar refractivity (Wildman–Crippen MR) is 64.8 cm³/mol. The maximum Gasteiger partial charge on any atom is 0.293 e. The van der Waals surface area contributed by atoms with Crippen molar-refractivity contribution in [2.45, 2.75) is 13.8 Å². The Hall–Kier alpha value is -2.30. The van der Waals surface area contributed by atoms with E-state index in [2.05, 4.69) is 10.3 Å². The Morgan fingerprint density at radius 2 is 2.18 bits per heavy atom. The van der Waals surface area contributed by atoms with E-state index in [0.717, 1.165) is 5.56 Å². The summed E-state index contributed by atoms with van der Waals surface area (Å²) in [4.78, 5) is 15.8. The maximum absolute atomic E-state index is 11.9. The highest BCUT2D eigenvalue weighted by atomic mass is 16.3. The lowest BCUT2D eigenvalue weighted by molar-refractivity contribution is 0.0996. The summed E-state index contributed by atoms with van der Waals surface area (Å²) in [5, 5.41) is 2.72. The molecule has 3 N–H and O–H groups in total. The van der Waals surface area contributed by atoms with Crippen LogP contribution in [0.3, 0.4) is 0 Å². The van der Waals surface area contributed by atoms with Crippen molar-refractivity contribution in [3.63, 3.8) is 0 Å². The van der Waals surface area contributed by atoms with Gasteiger partial charge >= 0.3 is 0 Å². The van der Waals surface area contributed by atoms with Crippen LogP contribution in [0.5, 0.6) is 0 Å². The van der Waals surface area contributed by atoms with Gasteiger partial charge < -0.3 is 15.5 Å². The summed E-state index contributed by atoms with van der Waals surface area (Å²) in [6.45, 7) is 3.58. The third-order valence-corrected chi connectivity index (χ3v) is 2.50. The number of nitrogen functional groups attached to an aromatic ring is 1. The number of nitrogens with two attached hydrogens (primary N) is 1. The van der Waals surface area contributed by atoms with Crippen LogP contribution in [-0.4, -0.2) is 10.9 Å². The van der Waals surface area contributed by atoms with Crippen LogP contribution in [0.15, 0.2) is 29.0 Å². The zero-order chi connectivity index (χ0) is 12.4. The fourth-order valence-electron chi connectivity index (χ4n) is 1.55. The Balaban J connectivity index is 2.28. The number of rotatable bonds is 2. The van der Waals surface area contributed by atoms with Gasteiger partial charge in [-0.15, -0.1) is 0 Å². The number of anilines is 2. The van der Waals surface area contributed by atoms with E-state index in [0.29, 0.717) is 17.1 Å². The van der Waals surface area contributed by atoms with Gasteiger partial charge in [0.25, 0.3) is 5.91 Å². The van der Waals surface area contributed by atoms with Crippen molar-refractivity contribution in [2.24, 2.45) is 0 Å². The molecule has 5 nitrogen and oxygen atoms in total. The van der Waals surface area contributed by atoms with Gasteiger partial charge in [-0.2, -0.15) is 0 Å². The van der Waals surface area contributed by atoms with Crippen LogP contribution >= 0.6 is 0 Å². The van der Waals surface area contributed by atoms with Gasteiger partial charge in [-0.3, -0.25) is 4.79 Å². The molecule has 1 aromatic carbocycles. The van der Waals surface area contributed by atoms with Crippen molar-refractivity contribution >= 4 is 17.3 Å². The number of hydrogen-bond donors (Lipinski definition) is 2. The Kier molecular flexibility index (Phi) is 2.82. The smallest absolute Gasteiger partial charge is 0.293 e. The molecule has 88 valence electrons. The number of carbonyl (C=O) groups excluding carboxylic acids is 1. The summed E-state index contributed by atoms with van der Waals surface area (Å²) >= 11 is 0. The highest BCUT2D eigenvalue weighted by molar-refractivity contribution is 6.05. The van der Waals surface area contributed by atoms with Crippen molar-refractivity contribution in [2.75, 3.05) is 11.1 Å². The third kappa shape index (κ3) is 2.13. The van der Waals surface area contributed by atoms with E-state index in [1.54, 1.807) is 13.0 Å². The third-order valence-electron chi connectivity index (χ3n) is 2.50. The van der Waals surface area contributed by atoms with Crippen LogP contribution in [0.2, 0.25) is 0 Å². The van der Waals surface area contributed by atoms with Crippen LogP contribution in [-0.2, 0) is 0 Å². The molecule has 0 fully saturated rings. The molecule has 0 aliphatic carbocycles. The molecule has 2 aromatic rings. The Morgan fingerprint density at radius 1 is 1.41 bits per heavy atom. The molecule has 17 heavy (non-hydrogen) atoms. The predicted octanol–water partition coefficient (Wildman–Crippen LogP) is 2.13. The van der Waals surface area contributed by atoms with Crippen LogP contribution in [0.1, 0.15) is 21.8 Å². The summed E-state index contributed by atoms with van der Waals surface area (Å²) in [6, 6.07) is 5.44. The number of benzene rings is 1. The number of carbonyl (C=O) groups is 1. The molecule has 0 bridgehead atoms. The quantitative estimate of drug-likeness (QED) is 0.776. The lowest BCUT2D eigenvalue weighted by Gasteiger charge is -2.09. The highest BCUT2D eigenvalue weighted by Gasteiger charge is 2.15. The lowest BCUT2D eigenvalue weighted by Crippen LogP contribution is -2.14. The molecule has 1 heterocycles. The molecule has 0 unspecified atom stereocenters. The van der Waals surface area contributed by atoms with Crippen molar-refractivity contribution in [1.82, 2.24) is 4.98 Å². The molecule has 0 saturated heterocycles. The minimum absolute atomic E-state index is 0.202. The monoisotopic (exact) mass is 231 g/mol. The molecule has 0 aliphatic heterocycles. The van der Waals surface area contributed by atoms with Gasteiger partial charge in [0.1, 0.15) is 0 Å². The first kappa shape index (κ1) is 11.2. The molecule has 5 heteroatoms. The van der Waals surface area contributed by atoms with E-state index < -0.39 is 0 Å². The summed E-state index contributed by atoms with van der Waals surface area (Å²) < 4.78 is 5.01. The standard InChI is InChI=1S/C12H13N3O2/c1-7-4-3-5-9(13)10(7)15-12(16)11-8(2)14-6-17-11/h3-6H,13H2,1-2H3,(H,15,16). The van der Waals surface area contributed by atoms with E-state index in [4.69, 9.17) is 10.2 Å². The molecule has 2 rings (SSSR count). The molecular weight excluding hydrogens is 218 g/mol. The normalized spacial score (nSPS) is 10.2. The minimum atomic E-state index is -0.346. The Morgan fingerprint density at radius 3 is 2.76 bits per heavy atom. The summed E-state index contributed by atoms with van der Waals surface area (Å²) in [5.74, 6) is -0.145. The van der Waals surface area contributed by atoms with E-state index in [9.17, 15) is 4.79 Å². The molecule has 1 amide bonds. The second-order valence-corrected chi connectivity index (χ2v) is 3.76. The fraction of sp³-hybridized carbons (Fsp3) is 0.167. The lowest BCUT2D eigenvalue weighted by atomic mass is 10.1. The maximum atomic E-state index is 11.9. The van der Waals surface area contributed by atoms with Crippen molar-refractivity contribution in [3.8, 4) is 0 Å². The van der Waals surface area contributed by atoms with Gasteiger partial charge in [-0.05, 0) is 25.5 Å². The number of nitrogens with one attached hydrogen (secondary N) is 1. The number of hydrogen-bond acceptors (Lipinski definition) is 4. The molecule has 0 atom stereocenters. The van der Waals surface area contributed by atoms with Crippen LogP contribution in [0.25, 0.3) is 0 Å². The second-order valence-electron chi connectivity index (χ2n) is 3.76. The van der Waals surface area contributed by atoms with Crippen molar-refractivity contribution in [1.29, 1.82) is 0 Å². The first-order valence-corrected chi connectivity index (χ1v) is 5.16. The average Bonchev–Trinajstić information content (AvgIpc) is 2.70. The molecule has 0 spiro atoms. The Labute approximate surface area is 98.6 Å². The summed E-state index contributed by atoms with van der Waals surface area (Å²) in [5.41, 5.74) is 8.38. The van der Waals surface area contributed by atoms with Gasteiger partial charge in [0.05, 0.1) is 17.1 Å². The minimum Gasteiger partial charge on any atom is -0.438 e. The summed E-state index contributed by atoms with van der Waals surface area (Å²) in [7, 11) is 0. The van der Waals surface area contributed by atoms with Gasteiger partial charge in [-0.25, -0.2) is 4.98 Å². The van der Waals surface area contributed by atoms with Gasteiger partial charge in [0.2, 0.25) is 5.76 Å². The first-order chi connectivity index (χ1) is 8.09. The van der Waals surface area contributed by atoms with E-state index >= 15 is 0 Å². The van der Waals surface area contributed by atoms with Crippen LogP contribution < -0.4 is 11.1 Å². The second kappa shape index (κ2) is 4.29. The average molecular weight is 231 g/mol. The SMILES string of the molecule is Cc1cccc(N)c1NC(=O)c1ocnc1C.